The standard InChI is InChI=1S/C14H16Br2ClNO/c15-10-3-6-12(13(16)7-10)14(19)18-8-9-1-4-11(17)5-2-9/h3,6-7,9,11H,1-2,4-5,8H2,(H,18,19). The summed E-state index contributed by atoms with van der Waals surface area (Å²) in [6, 6.07) is 5.57. The third kappa shape index (κ3) is 4.47. The molecule has 1 aliphatic rings. The molecular weight excluding hydrogens is 393 g/mol. The molecule has 1 N–H and O–H groups in total. The SMILES string of the molecule is O=C(NCC1CCC(Cl)CC1)c1ccc(Br)cc1Br. The van der Waals surface area contributed by atoms with E-state index in [9.17, 15) is 4.79 Å². The Morgan fingerprint density at radius 2 is 1.95 bits per heavy atom. The Bertz CT molecular complexity index is 459. The summed E-state index contributed by atoms with van der Waals surface area (Å²) in [5.74, 6) is 0.542. The second-order valence-corrected chi connectivity index (χ2v) is 7.34. The van der Waals surface area contributed by atoms with Crippen LogP contribution in [0.3, 0.4) is 0 Å². The molecule has 1 amide bonds. The third-order valence-electron chi connectivity index (χ3n) is 3.50. The molecular formula is C14H16Br2ClNO. The highest BCUT2D eigenvalue weighted by Crippen LogP contribution is 2.27. The summed E-state index contributed by atoms with van der Waals surface area (Å²) in [6.07, 6.45) is 4.33. The number of benzene rings is 1. The first-order valence-corrected chi connectivity index (χ1v) is 8.46. The van der Waals surface area contributed by atoms with Gasteiger partial charge in [-0.25, -0.2) is 0 Å². The Kier molecular flexibility index (Phi) is 5.72. The summed E-state index contributed by atoms with van der Waals surface area (Å²) >= 11 is 12.9. The predicted octanol–water partition coefficient (Wildman–Crippen LogP) is 4.74. The van der Waals surface area contributed by atoms with E-state index < -0.39 is 0 Å². The van der Waals surface area contributed by atoms with Crippen LogP contribution in [-0.4, -0.2) is 17.8 Å². The Morgan fingerprint density at radius 3 is 2.58 bits per heavy atom. The van der Waals surface area contributed by atoms with E-state index in [-0.39, 0.29) is 5.91 Å². The van der Waals surface area contributed by atoms with Crippen molar-refractivity contribution in [2.75, 3.05) is 6.54 Å². The Labute approximate surface area is 135 Å². The van der Waals surface area contributed by atoms with Crippen molar-refractivity contribution in [2.45, 2.75) is 31.1 Å². The van der Waals surface area contributed by atoms with E-state index in [1.807, 2.05) is 18.2 Å². The number of hydrogen-bond donors (Lipinski definition) is 1. The molecule has 2 rings (SSSR count). The van der Waals surface area contributed by atoms with E-state index in [4.69, 9.17) is 11.6 Å². The van der Waals surface area contributed by atoms with Crippen LogP contribution in [0.2, 0.25) is 0 Å². The first-order valence-electron chi connectivity index (χ1n) is 6.43. The molecule has 1 fully saturated rings. The van der Waals surface area contributed by atoms with E-state index >= 15 is 0 Å². The molecule has 0 aliphatic heterocycles. The predicted molar refractivity (Wildman–Crippen MR) is 85.8 cm³/mol. The van der Waals surface area contributed by atoms with Crippen molar-refractivity contribution in [1.29, 1.82) is 0 Å². The molecule has 0 aromatic heterocycles. The van der Waals surface area contributed by atoms with Gasteiger partial charge in [-0.05, 0) is 65.7 Å². The van der Waals surface area contributed by atoms with E-state index in [1.54, 1.807) is 0 Å². The highest BCUT2D eigenvalue weighted by Gasteiger charge is 2.20. The van der Waals surface area contributed by atoms with Crippen molar-refractivity contribution in [3.8, 4) is 0 Å². The minimum atomic E-state index is -0.0210. The van der Waals surface area contributed by atoms with Crippen LogP contribution in [0.25, 0.3) is 0 Å². The van der Waals surface area contributed by atoms with Crippen LogP contribution in [0.1, 0.15) is 36.0 Å². The molecule has 1 aromatic rings. The minimum absolute atomic E-state index is 0.0210. The first kappa shape index (κ1) is 15.3. The topological polar surface area (TPSA) is 29.1 Å². The number of carbonyl (C=O) groups excluding carboxylic acids is 1. The van der Waals surface area contributed by atoms with Crippen molar-refractivity contribution >= 4 is 49.4 Å². The highest BCUT2D eigenvalue weighted by molar-refractivity contribution is 9.11. The summed E-state index contributed by atoms with van der Waals surface area (Å²) in [7, 11) is 0. The summed E-state index contributed by atoms with van der Waals surface area (Å²) in [6.45, 7) is 0.741. The number of carbonyl (C=O) groups is 1. The number of hydrogen-bond acceptors (Lipinski definition) is 1. The zero-order valence-electron chi connectivity index (χ0n) is 10.5. The van der Waals surface area contributed by atoms with Gasteiger partial charge < -0.3 is 5.32 Å². The van der Waals surface area contributed by atoms with Crippen LogP contribution >= 0.6 is 43.5 Å². The second kappa shape index (κ2) is 7.09. The van der Waals surface area contributed by atoms with E-state index in [1.165, 1.54) is 0 Å². The first-order chi connectivity index (χ1) is 9.06. The van der Waals surface area contributed by atoms with Crippen LogP contribution in [0.15, 0.2) is 27.1 Å². The van der Waals surface area contributed by atoms with E-state index in [0.717, 1.165) is 41.2 Å². The van der Waals surface area contributed by atoms with Gasteiger partial charge >= 0.3 is 0 Å². The molecule has 0 spiro atoms. The quantitative estimate of drug-likeness (QED) is 0.718. The number of alkyl halides is 1. The summed E-state index contributed by atoms with van der Waals surface area (Å²) in [5, 5.41) is 3.34. The average molecular weight is 410 g/mol. The monoisotopic (exact) mass is 407 g/mol. The Hall–Kier alpha value is -0.0600. The highest BCUT2D eigenvalue weighted by atomic mass is 79.9. The van der Waals surface area contributed by atoms with Crippen molar-refractivity contribution in [3.63, 3.8) is 0 Å². The van der Waals surface area contributed by atoms with E-state index in [0.29, 0.717) is 16.9 Å². The fourth-order valence-electron chi connectivity index (χ4n) is 2.33. The molecule has 0 unspecified atom stereocenters. The fraction of sp³-hybridized carbons (Fsp3) is 0.500. The number of nitrogens with one attached hydrogen (secondary N) is 1. The Morgan fingerprint density at radius 1 is 1.26 bits per heavy atom. The largest absolute Gasteiger partial charge is 0.352 e. The molecule has 0 heterocycles. The van der Waals surface area contributed by atoms with Gasteiger partial charge in [0.25, 0.3) is 5.91 Å². The lowest BCUT2D eigenvalue weighted by Crippen LogP contribution is -2.31. The molecule has 1 saturated carbocycles. The average Bonchev–Trinajstić information content (AvgIpc) is 2.37. The number of rotatable bonds is 3. The minimum Gasteiger partial charge on any atom is -0.352 e. The van der Waals surface area contributed by atoms with Gasteiger partial charge in [-0.15, -0.1) is 11.6 Å². The van der Waals surface area contributed by atoms with Gasteiger partial charge in [-0.1, -0.05) is 15.9 Å². The summed E-state index contributed by atoms with van der Waals surface area (Å²) < 4.78 is 1.76. The molecule has 0 atom stereocenters. The Balaban J connectivity index is 1.87. The third-order valence-corrected chi connectivity index (χ3v) is 5.09. The summed E-state index contributed by atoms with van der Waals surface area (Å²) in [4.78, 5) is 12.1. The van der Waals surface area contributed by atoms with Gasteiger partial charge in [0.05, 0.1) is 5.56 Å². The van der Waals surface area contributed by atoms with Crippen LogP contribution in [0.4, 0.5) is 0 Å². The maximum Gasteiger partial charge on any atom is 0.252 e. The van der Waals surface area contributed by atoms with Crippen LogP contribution < -0.4 is 5.32 Å². The van der Waals surface area contributed by atoms with Crippen molar-refractivity contribution in [3.05, 3.63) is 32.7 Å². The van der Waals surface area contributed by atoms with Crippen LogP contribution in [-0.2, 0) is 0 Å². The zero-order chi connectivity index (χ0) is 13.8. The lowest BCUT2D eigenvalue weighted by Gasteiger charge is -2.25. The number of amides is 1. The molecule has 2 nitrogen and oxygen atoms in total. The zero-order valence-corrected chi connectivity index (χ0v) is 14.4. The maximum atomic E-state index is 12.1. The van der Waals surface area contributed by atoms with Crippen LogP contribution in [0, 0.1) is 5.92 Å². The van der Waals surface area contributed by atoms with E-state index in [2.05, 4.69) is 37.2 Å². The molecule has 1 aliphatic carbocycles. The molecule has 104 valence electrons. The number of halogens is 3. The molecule has 0 radical (unpaired) electrons. The van der Waals surface area contributed by atoms with Gasteiger partial charge in [0, 0.05) is 20.9 Å². The molecule has 5 heteroatoms. The van der Waals surface area contributed by atoms with Gasteiger partial charge in [-0.3, -0.25) is 4.79 Å². The molecule has 1 aromatic carbocycles. The van der Waals surface area contributed by atoms with Gasteiger partial charge in [0.2, 0.25) is 0 Å². The van der Waals surface area contributed by atoms with Gasteiger partial charge in [0.15, 0.2) is 0 Å². The van der Waals surface area contributed by atoms with Gasteiger partial charge in [0.1, 0.15) is 0 Å². The lowest BCUT2D eigenvalue weighted by atomic mass is 9.89. The normalized spacial score (nSPS) is 23.1. The summed E-state index contributed by atoms with van der Waals surface area (Å²) in [5.41, 5.74) is 0.675. The van der Waals surface area contributed by atoms with Gasteiger partial charge in [-0.2, -0.15) is 0 Å². The lowest BCUT2D eigenvalue weighted by molar-refractivity contribution is 0.0943. The smallest absolute Gasteiger partial charge is 0.252 e. The van der Waals surface area contributed by atoms with Crippen molar-refractivity contribution in [2.24, 2.45) is 5.92 Å². The molecule has 19 heavy (non-hydrogen) atoms. The fourth-order valence-corrected chi connectivity index (χ4v) is 3.81. The van der Waals surface area contributed by atoms with Crippen molar-refractivity contribution < 1.29 is 4.79 Å². The molecule has 0 saturated heterocycles. The van der Waals surface area contributed by atoms with Crippen molar-refractivity contribution in [1.82, 2.24) is 5.32 Å². The van der Waals surface area contributed by atoms with Crippen LogP contribution in [0.5, 0.6) is 0 Å². The second-order valence-electron chi connectivity index (χ2n) is 4.95. The molecule has 0 bridgehead atoms. The maximum absolute atomic E-state index is 12.1.